The molecule has 0 saturated carbocycles. The molecule has 4 heteroatoms. The van der Waals surface area contributed by atoms with E-state index in [1.165, 1.54) is 0 Å². The Hall–Kier alpha value is -0.870. The minimum atomic E-state index is -3.14. The predicted molar refractivity (Wildman–Crippen MR) is 71.0 cm³/mol. The van der Waals surface area contributed by atoms with Gasteiger partial charge in [-0.2, -0.15) is 0 Å². The maximum absolute atomic E-state index is 12.0. The van der Waals surface area contributed by atoms with Crippen molar-refractivity contribution < 1.29 is 8.42 Å². The third-order valence-corrected chi connectivity index (χ3v) is 4.59. The summed E-state index contributed by atoms with van der Waals surface area (Å²) in [6.45, 7) is 6.58. The van der Waals surface area contributed by atoms with Gasteiger partial charge in [-0.05, 0) is 32.4 Å². The van der Waals surface area contributed by atoms with Crippen LogP contribution in [0, 0.1) is 6.92 Å². The summed E-state index contributed by atoms with van der Waals surface area (Å²) in [7, 11) is -3.14. The molecule has 0 heterocycles. The van der Waals surface area contributed by atoms with Crippen LogP contribution in [0.15, 0.2) is 29.2 Å². The lowest BCUT2D eigenvalue weighted by Crippen LogP contribution is -2.30. The Kier molecular flexibility index (Phi) is 5.15. The van der Waals surface area contributed by atoms with Crippen molar-refractivity contribution in [1.29, 1.82) is 0 Å². The van der Waals surface area contributed by atoms with Crippen molar-refractivity contribution in [2.75, 3.05) is 12.3 Å². The van der Waals surface area contributed by atoms with E-state index in [9.17, 15) is 8.42 Å². The first-order valence-corrected chi connectivity index (χ1v) is 7.63. The standard InChI is InChI=1S/C13H21NO2S/c1-4-12(3)14-9-10-17(15,16)13-7-5-11(2)6-8-13/h5-8,12,14H,4,9-10H2,1-3H3. The Morgan fingerprint density at radius 2 is 1.82 bits per heavy atom. The van der Waals surface area contributed by atoms with Crippen LogP contribution in [0.5, 0.6) is 0 Å². The van der Waals surface area contributed by atoms with Crippen LogP contribution in [0.2, 0.25) is 0 Å². The van der Waals surface area contributed by atoms with Crippen LogP contribution in [0.4, 0.5) is 0 Å². The van der Waals surface area contributed by atoms with Crippen LogP contribution in [0.3, 0.4) is 0 Å². The molecule has 1 aromatic rings. The zero-order valence-electron chi connectivity index (χ0n) is 10.7. The van der Waals surface area contributed by atoms with Crippen molar-refractivity contribution in [3.8, 4) is 0 Å². The molecule has 0 amide bonds. The van der Waals surface area contributed by atoms with Gasteiger partial charge >= 0.3 is 0 Å². The maximum atomic E-state index is 12.0. The first kappa shape index (κ1) is 14.2. The quantitative estimate of drug-likeness (QED) is 0.847. The third kappa shape index (κ3) is 4.48. The largest absolute Gasteiger partial charge is 0.313 e. The summed E-state index contributed by atoms with van der Waals surface area (Å²) in [5.41, 5.74) is 1.07. The van der Waals surface area contributed by atoms with E-state index in [1.807, 2.05) is 19.1 Å². The lowest BCUT2D eigenvalue weighted by Gasteiger charge is -2.11. The summed E-state index contributed by atoms with van der Waals surface area (Å²) >= 11 is 0. The average molecular weight is 255 g/mol. The highest BCUT2D eigenvalue weighted by molar-refractivity contribution is 7.91. The summed E-state index contributed by atoms with van der Waals surface area (Å²) in [4.78, 5) is 0.411. The molecule has 0 spiro atoms. The van der Waals surface area contributed by atoms with Crippen LogP contribution in [-0.2, 0) is 9.84 Å². The first-order chi connectivity index (χ1) is 7.95. The molecule has 17 heavy (non-hydrogen) atoms. The average Bonchev–Trinajstić information content (AvgIpc) is 2.29. The van der Waals surface area contributed by atoms with E-state index in [-0.39, 0.29) is 5.75 Å². The molecule has 1 rings (SSSR count). The second-order valence-corrected chi connectivity index (χ2v) is 6.50. The molecule has 0 radical (unpaired) electrons. The zero-order chi connectivity index (χ0) is 12.9. The fraction of sp³-hybridized carbons (Fsp3) is 0.538. The summed E-state index contributed by atoms with van der Waals surface area (Å²) in [5, 5.41) is 3.19. The van der Waals surface area contributed by atoms with Gasteiger partial charge in [0.1, 0.15) is 0 Å². The van der Waals surface area contributed by atoms with Crippen molar-refractivity contribution in [2.45, 2.75) is 38.1 Å². The number of aryl methyl sites for hydroxylation is 1. The van der Waals surface area contributed by atoms with E-state index in [0.29, 0.717) is 17.5 Å². The summed E-state index contributed by atoms with van der Waals surface area (Å²) in [6.07, 6.45) is 1.00. The highest BCUT2D eigenvalue weighted by atomic mass is 32.2. The highest BCUT2D eigenvalue weighted by Crippen LogP contribution is 2.11. The van der Waals surface area contributed by atoms with Gasteiger partial charge in [-0.25, -0.2) is 8.42 Å². The van der Waals surface area contributed by atoms with Gasteiger partial charge in [0.05, 0.1) is 10.6 Å². The molecular formula is C13H21NO2S. The molecule has 0 aliphatic carbocycles. The fourth-order valence-electron chi connectivity index (χ4n) is 1.45. The number of hydrogen-bond donors (Lipinski definition) is 1. The second-order valence-electron chi connectivity index (χ2n) is 4.40. The smallest absolute Gasteiger partial charge is 0.179 e. The molecule has 96 valence electrons. The van der Waals surface area contributed by atoms with Crippen LogP contribution in [0.1, 0.15) is 25.8 Å². The normalized spacial score (nSPS) is 13.6. The molecule has 0 saturated heterocycles. The molecule has 0 aliphatic rings. The van der Waals surface area contributed by atoms with Gasteiger partial charge in [0.25, 0.3) is 0 Å². The van der Waals surface area contributed by atoms with Crippen molar-refractivity contribution in [3.05, 3.63) is 29.8 Å². The number of rotatable bonds is 6. The second kappa shape index (κ2) is 6.17. The van der Waals surface area contributed by atoms with Gasteiger partial charge in [-0.15, -0.1) is 0 Å². The molecule has 0 bridgehead atoms. The molecule has 1 atom stereocenters. The first-order valence-electron chi connectivity index (χ1n) is 5.98. The van der Waals surface area contributed by atoms with Gasteiger partial charge in [0, 0.05) is 12.6 Å². The van der Waals surface area contributed by atoms with E-state index in [0.717, 1.165) is 12.0 Å². The van der Waals surface area contributed by atoms with Gasteiger partial charge in [-0.1, -0.05) is 24.6 Å². The Balaban J connectivity index is 2.60. The molecule has 0 fully saturated rings. The fourth-order valence-corrected chi connectivity index (χ4v) is 2.62. The summed E-state index contributed by atoms with van der Waals surface area (Å²) in [6, 6.07) is 7.37. The monoisotopic (exact) mass is 255 g/mol. The third-order valence-electron chi connectivity index (χ3n) is 2.86. The van der Waals surface area contributed by atoms with Crippen LogP contribution in [0.25, 0.3) is 0 Å². The SMILES string of the molecule is CCC(C)NCCS(=O)(=O)c1ccc(C)cc1. The molecule has 1 aromatic carbocycles. The van der Waals surface area contributed by atoms with E-state index < -0.39 is 9.84 Å². The highest BCUT2D eigenvalue weighted by Gasteiger charge is 2.13. The van der Waals surface area contributed by atoms with E-state index in [2.05, 4.69) is 19.2 Å². The lowest BCUT2D eigenvalue weighted by molar-refractivity contribution is 0.544. The maximum Gasteiger partial charge on any atom is 0.179 e. The molecule has 1 unspecified atom stereocenters. The molecule has 3 nitrogen and oxygen atoms in total. The number of benzene rings is 1. The van der Waals surface area contributed by atoms with Gasteiger partial charge in [-0.3, -0.25) is 0 Å². The topological polar surface area (TPSA) is 46.2 Å². The van der Waals surface area contributed by atoms with E-state index in [1.54, 1.807) is 12.1 Å². The van der Waals surface area contributed by atoms with Crippen molar-refractivity contribution in [3.63, 3.8) is 0 Å². The number of nitrogens with one attached hydrogen (secondary N) is 1. The van der Waals surface area contributed by atoms with Crippen LogP contribution >= 0.6 is 0 Å². The Labute approximate surface area is 104 Å². The van der Waals surface area contributed by atoms with Crippen molar-refractivity contribution >= 4 is 9.84 Å². The minimum absolute atomic E-state index is 0.153. The Morgan fingerprint density at radius 1 is 1.24 bits per heavy atom. The molecule has 0 aliphatic heterocycles. The van der Waals surface area contributed by atoms with Crippen LogP contribution < -0.4 is 5.32 Å². The van der Waals surface area contributed by atoms with Crippen molar-refractivity contribution in [1.82, 2.24) is 5.32 Å². The summed E-state index contributed by atoms with van der Waals surface area (Å²) < 4.78 is 23.9. The zero-order valence-corrected chi connectivity index (χ0v) is 11.5. The Bertz CT molecular complexity index is 437. The summed E-state index contributed by atoms with van der Waals surface area (Å²) in [5.74, 6) is 0.153. The van der Waals surface area contributed by atoms with E-state index in [4.69, 9.17) is 0 Å². The lowest BCUT2D eigenvalue weighted by atomic mass is 10.2. The van der Waals surface area contributed by atoms with Crippen LogP contribution in [-0.4, -0.2) is 26.8 Å². The molecular weight excluding hydrogens is 234 g/mol. The minimum Gasteiger partial charge on any atom is -0.313 e. The van der Waals surface area contributed by atoms with Gasteiger partial charge in [0.15, 0.2) is 9.84 Å². The van der Waals surface area contributed by atoms with Gasteiger partial charge in [0.2, 0.25) is 0 Å². The number of hydrogen-bond acceptors (Lipinski definition) is 3. The molecule has 0 aromatic heterocycles. The number of sulfone groups is 1. The Morgan fingerprint density at radius 3 is 2.35 bits per heavy atom. The van der Waals surface area contributed by atoms with Crippen molar-refractivity contribution in [2.24, 2.45) is 0 Å². The molecule has 1 N–H and O–H groups in total. The van der Waals surface area contributed by atoms with E-state index >= 15 is 0 Å². The predicted octanol–water partition coefficient (Wildman–Crippen LogP) is 2.16. The van der Waals surface area contributed by atoms with Gasteiger partial charge < -0.3 is 5.32 Å².